The second-order valence-electron chi connectivity index (χ2n) is 20.6. The van der Waals surface area contributed by atoms with Crippen LogP contribution in [0.1, 0.15) is 116 Å². The molecule has 14 heteroatoms. The highest BCUT2D eigenvalue weighted by molar-refractivity contribution is 9.10. The van der Waals surface area contributed by atoms with Gasteiger partial charge in [-0.25, -0.2) is 0 Å². The summed E-state index contributed by atoms with van der Waals surface area (Å²) in [5, 5.41) is 0. The van der Waals surface area contributed by atoms with E-state index in [0.29, 0.717) is 25.9 Å². The Bertz CT molecular complexity index is 2190. The zero-order valence-electron chi connectivity index (χ0n) is 39.8. The van der Waals surface area contributed by atoms with Gasteiger partial charge in [0.1, 0.15) is 0 Å². The maximum absolute atomic E-state index is 12.7. The van der Waals surface area contributed by atoms with E-state index in [1.165, 1.54) is 22.3 Å². The van der Waals surface area contributed by atoms with Crippen LogP contribution in [-0.4, -0.2) is 76.4 Å². The average molecular weight is 933 g/mol. The van der Waals surface area contributed by atoms with Crippen molar-refractivity contribution in [2.24, 2.45) is 0 Å². The predicted octanol–water partition coefficient (Wildman–Crippen LogP) is 8.85. The molecule has 0 aromatic heterocycles. The molecule has 4 aromatic rings. The molecule has 0 radical (unpaired) electrons. The molecule has 338 valence electrons. The second-order valence-corrected chi connectivity index (χ2v) is 21.5. The summed E-state index contributed by atoms with van der Waals surface area (Å²) in [6, 6.07) is 32.5. The molecule has 5 aliphatic rings. The first-order valence-corrected chi connectivity index (χ1v) is 23.2. The normalized spacial score (nSPS) is 21.4. The lowest BCUT2D eigenvalue weighted by molar-refractivity contribution is -0.131. The van der Waals surface area contributed by atoms with Gasteiger partial charge in [-0.1, -0.05) is 101 Å². The van der Waals surface area contributed by atoms with E-state index in [-0.39, 0.29) is 52.5 Å². The Morgan fingerprint density at radius 3 is 1.05 bits per heavy atom. The fourth-order valence-corrected chi connectivity index (χ4v) is 8.23. The highest BCUT2D eigenvalue weighted by atomic mass is 79.9. The molecule has 3 saturated heterocycles. The quantitative estimate of drug-likeness (QED) is 0.177. The van der Waals surface area contributed by atoms with Crippen molar-refractivity contribution in [2.45, 2.75) is 156 Å². The zero-order chi connectivity index (χ0) is 46.5. The Kier molecular flexibility index (Phi) is 13.7. The number of hydrogen-bond donors (Lipinski definition) is 0. The molecular formula is C50H64B3BrN2O8. The smallest absolute Gasteiger partial charge is 0.405 e. The van der Waals surface area contributed by atoms with Crippen molar-refractivity contribution in [3.8, 4) is 0 Å². The van der Waals surface area contributed by atoms with Crippen LogP contribution in [0.15, 0.2) is 102 Å². The molecule has 64 heavy (non-hydrogen) atoms. The number of carbonyl (C=O) groups excluding carboxylic acids is 2. The SMILES string of the molecule is CC1(C)OB(B2OC(C)(C)C(C)(C)O2)OC1(C)C.CC1(C)OB(c2ccc(CC(=O)N3Cc4ccccc4C3)cc2)OC1(C)C.O=C(Cc1ccc(Br)cc1)N1Cc2ccccc2C1. The van der Waals surface area contributed by atoms with Crippen LogP contribution in [0.5, 0.6) is 0 Å². The van der Waals surface area contributed by atoms with Gasteiger partial charge in [0.05, 0.1) is 46.4 Å². The molecule has 0 bridgehead atoms. The summed E-state index contributed by atoms with van der Waals surface area (Å²) < 4.78 is 37.1. The summed E-state index contributed by atoms with van der Waals surface area (Å²) in [5.74, 6) is 0.355. The largest absolute Gasteiger partial charge is 0.494 e. The first-order chi connectivity index (χ1) is 29.9. The van der Waals surface area contributed by atoms with E-state index in [0.717, 1.165) is 34.2 Å². The Balaban J connectivity index is 0.000000148. The van der Waals surface area contributed by atoms with E-state index in [4.69, 9.17) is 27.9 Å². The molecule has 0 N–H and O–H groups in total. The van der Waals surface area contributed by atoms with Gasteiger partial charge in [-0.05, 0) is 134 Å². The van der Waals surface area contributed by atoms with Crippen LogP contribution in [0.2, 0.25) is 0 Å². The van der Waals surface area contributed by atoms with Gasteiger partial charge in [0, 0.05) is 30.7 Å². The lowest BCUT2D eigenvalue weighted by Gasteiger charge is -2.32. The zero-order valence-corrected chi connectivity index (χ0v) is 41.3. The van der Waals surface area contributed by atoms with Crippen molar-refractivity contribution >= 4 is 54.3 Å². The standard InChI is InChI=1S/C22H26BNO3.C16H14BrNO.C12H24B2O4/c1-21(2)22(3,4)27-23(26-21)19-11-9-16(10-12-19)13-20(25)24-14-17-7-5-6-8-18(17)15-24;17-15-7-5-12(6-8-15)9-16(19)18-10-13-3-1-2-4-14(13)11-18;1-9(2)10(3,4)16-13(15-9)14-17-11(5,6)12(7,8)18-14/h5-12H,13-15H2,1-4H3;1-8H,9-11H2;1-8H3. The Labute approximate surface area is 390 Å². The van der Waals surface area contributed by atoms with Gasteiger partial charge in [-0.3, -0.25) is 9.59 Å². The number of nitrogens with zero attached hydrogens (tertiary/aromatic N) is 2. The molecule has 0 atom stereocenters. The van der Waals surface area contributed by atoms with Crippen molar-refractivity contribution in [2.75, 3.05) is 0 Å². The molecular weight excluding hydrogens is 869 g/mol. The Morgan fingerprint density at radius 2 is 0.734 bits per heavy atom. The fourth-order valence-electron chi connectivity index (χ4n) is 7.97. The van der Waals surface area contributed by atoms with Crippen LogP contribution in [0, 0.1) is 0 Å². The van der Waals surface area contributed by atoms with Crippen molar-refractivity contribution in [3.63, 3.8) is 0 Å². The molecule has 5 aliphatic heterocycles. The third-order valence-electron chi connectivity index (χ3n) is 14.3. The minimum Gasteiger partial charge on any atom is -0.405 e. The number of amides is 2. The summed E-state index contributed by atoms with van der Waals surface area (Å²) >= 11 is 3.40. The number of carbonyl (C=O) groups is 2. The Morgan fingerprint density at radius 1 is 0.453 bits per heavy atom. The van der Waals surface area contributed by atoms with Gasteiger partial charge in [-0.15, -0.1) is 0 Å². The van der Waals surface area contributed by atoms with Crippen LogP contribution in [-0.2, 0) is 76.5 Å². The van der Waals surface area contributed by atoms with E-state index in [9.17, 15) is 9.59 Å². The summed E-state index contributed by atoms with van der Waals surface area (Å²) in [7, 11) is -1.32. The fraction of sp³-hybridized carbons (Fsp3) is 0.480. The molecule has 3 fully saturated rings. The molecule has 0 unspecified atom stereocenters. The molecule has 5 heterocycles. The van der Waals surface area contributed by atoms with Gasteiger partial charge in [0.25, 0.3) is 0 Å². The lowest BCUT2D eigenvalue weighted by Crippen LogP contribution is -2.41. The highest BCUT2D eigenvalue weighted by Crippen LogP contribution is 2.43. The summed E-state index contributed by atoms with van der Waals surface area (Å²) in [6.07, 6.45) is 0.888. The third kappa shape index (κ3) is 10.4. The number of fused-ring (bicyclic) bond motifs is 2. The molecule has 10 nitrogen and oxygen atoms in total. The topological polar surface area (TPSA) is 96.0 Å². The van der Waals surface area contributed by atoms with Crippen LogP contribution in [0.3, 0.4) is 0 Å². The van der Waals surface area contributed by atoms with E-state index in [2.05, 4.69) is 40.2 Å². The van der Waals surface area contributed by atoms with E-state index in [1.54, 1.807) is 0 Å². The van der Waals surface area contributed by atoms with Crippen molar-refractivity contribution < 1.29 is 37.5 Å². The van der Waals surface area contributed by atoms with Gasteiger partial charge in [0.15, 0.2) is 0 Å². The van der Waals surface area contributed by atoms with Crippen molar-refractivity contribution in [1.82, 2.24) is 9.80 Å². The summed E-state index contributed by atoms with van der Waals surface area (Å²) in [4.78, 5) is 28.8. The van der Waals surface area contributed by atoms with Gasteiger partial charge >= 0.3 is 21.1 Å². The van der Waals surface area contributed by atoms with E-state index >= 15 is 0 Å². The van der Waals surface area contributed by atoms with Crippen LogP contribution in [0.4, 0.5) is 0 Å². The third-order valence-corrected chi connectivity index (χ3v) is 14.8. The maximum atomic E-state index is 12.7. The predicted molar refractivity (Wildman–Crippen MR) is 257 cm³/mol. The number of rotatable bonds is 6. The number of halogens is 1. The minimum absolute atomic E-state index is 0.162. The van der Waals surface area contributed by atoms with E-state index in [1.807, 2.05) is 166 Å². The molecule has 4 aromatic carbocycles. The van der Waals surface area contributed by atoms with Crippen molar-refractivity contribution in [1.29, 1.82) is 0 Å². The number of hydrogen-bond acceptors (Lipinski definition) is 8. The lowest BCUT2D eigenvalue weighted by atomic mass is 9.49. The number of benzene rings is 4. The minimum atomic E-state index is -0.476. The second kappa shape index (κ2) is 18.2. The van der Waals surface area contributed by atoms with Gasteiger partial charge < -0.3 is 37.7 Å². The van der Waals surface area contributed by atoms with Crippen LogP contribution in [0.25, 0.3) is 0 Å². The summed E-state index contributed by atoms with van der Waals surface area (Å²) in [6.45, 7) is 27.3. The van der Waals surface area contributed by atoms with Crippen LogP contribution >= 0.6 is 15.9 Å². The maximum Gasteiger partial charge on any atom is 0.494 e. The van der Waals surface area contributed by atoms with Crippen molar-refractivity contribution in [3.05, 3.63) is 135 Å². The molecule has 0 aliphatic carbocycles. The van der Waals surface area contributed by atoms with Gasteiger partial charge in [-0.2, -0.15) is 0 Å². The highest BCUT2D eigenvalue weighted by Gasteiger charge is 2.63. The Hall–Kier alpha value is -3.75. The molecule has 9 rings (SSSR count). The molecule has 0 spiro atoms. The first kappa shape index (κ1) is 48.2. The van der Waals surface area contributed by atoms with Gasteiger partial charge in [0.2, 0.25) is 11.8 Å². The van der Waals surface area contributed by atoms with Crippen LogP contribution < -0.4 is 5.46 Å². The average Bonchev–Trinajstić information content (AvgIpc) is 4.00. The molecule has 0 saturated carbocycles. The van der Waals surface area contributed by atoms with E-state index < -0.39 is 14.0 Å². The monoisotopic (exact) mass is 932 g/mol. The summed E-state index contributed by atoms with van der Waals surface area (Å²) in [5.41, 5.74) is 5.96. The molecule has 2 amide bonds. The first-order valence-electron chi connectivity index (χ1n) is 22.4.